The van der Waals surface area contributed by atoms with Gasteiger partial charge in [-0.1, -0.05) is 36.4 Å². The fourth-order valence-electron chi connectivity index (χ4n) is 4.38. The molecule has 2 fully saturated rings. The van der Waals surface area contributed by atoms with Gasteiger partial charge in [0, 0.05) is 18.0 Å². The molecule has 5 heteroatoms. The zero-order valence-corrected chi connectivity index (χ0v) is 15.3. The number of benzene rings is 2. The maximum Gasteiger partial charge on any atom is 0.223 e. The minimum Gasteiger partial charge on any atom is -0.352 e. The Morgan fingerprint density at radius 3 is 2.67 bits per heavy atom. The lowest BCUT2D eigenvalue weighted by atomic mass is 9.92. The van der Waals surface area contributed by atoms with E-state index in [1.807, 2.05) is 24.3 Å². The average molecular weight is 360 g/mol. The minimum atomic E-state index is 0.217. The smallest absolute Gasteiger partial charge is 0.223 e. The highest BCUT2D eigenvalue weighted by Gasteiger charge is 2.57. The molecule has 2 aromatic carbocycles. The molecule has 27 heavy (non-hydrogen) atoms. The lowest BCUT2D eigenvalue weighted by Gasteiger charge is -2.23. The first-order chi connectivity index (χ1) is 13.2. The molecule has 1 aliphatic carbocycles. The van der Waals surface area contributed by atoms with Crippen LogP contribution >= 0.6 is 0 Å². The Morgan fingerprint density at radius 1 is 1.11 bits per heavy atom. The van der Waals surface area contributed by atoms with E-state index in [2.05, 4.69) is 44.9 Å². The van der Waals surface area contributed by atoms with Gasteiger partial charge in [0.15, 0.2) is 0 Å². The van der Waals surface area contributed by atoms with Crippen LogP contribution < -0.4 is 10.6 Å². The maximum absolute atomic E-state index is 12.5. The Morgan fingerprint density at radius 2 is 1.89 bits per heavy atom. The van der Waals surface area contributed by atoms with Crippen molar-refractivity contribution in [3.05, 3.63) is 54.1 Å². The Labute approximate surface area is 158 Å². The molecule has 0 radical (unpaired) electrons. The Bertz CT molecular complexity index is 936. The van der Waals surface area contributed by atoms with Crippen molar-refractivity contribution >= 4 is 16.9 Å². The van der Waals surface area contributed by atoms with Gasteiger partial charge in [-0.15, -0.1) is 0 Å². The second kappa shape index (κ2) is 6.50. The van der Waals surface area contributed by atoms with Crippen molar-refractivity contribution < 1.29 is 4.79 Å². The van der Waals surface area contributed by atoms with E-state index in [1.54, 1.807) is 0 Å². The van der Waals surface area contributed by atoms with E-state index in [9.17, 15) is 4.79 Å². The number of nitrogens with zero attached hydrogens (tertiary/aromatic N) is 1. The third kappa shape index (κ3) is 3.12. The molecule has 138 valence electrons. The first kappa shape index (κ1) is 16.5. The number of carbonyl (C=O) groups is 1. The third-order valence-electron chi connectivity index (χ3n) is 6.19. The highest BCUT2D eigenvalue weighted by Crippen LogP contribution is 2.58. The minimum absolute atomic E-state index is 0.217. The first-order valence-corrected chi connectivity index (χ1v) is 9.76. The Kier molecular flexibility index (Phi) is 3.97. The van der Waals surface area contributed by atoms with Crippen molar-refractivity contribution in [2.45, 2.75) is 25.8 Å². The lowest BCUT2D eigenvalue weighted by Crippen LogP contribution is -2.33. The standard InChI is InChI=1S/C22H24N4O/c27-21(17-13-22(17)9-11-23-12-10-22)24-14-15-5-7-16(8-6-15)20-25-18-3-1-2-4-19(18)26-20/h1-8,17,23H,9-14H2,(H,24,27)(H,25,26). The van der Waals surface area contributed by atoms with Gasteiger partial charge < -0.3 is 15.6 Å². The predicted octanol–water partition coefficient (Wildman–Crippen LogP) is 3.24. The van der Waals surface area contributed by atoms with Gasteiger partial charge in [-0.2, -0.15) is 0 Å². The molecule has 2 aliphatic rings. The van der Waals surface area contributed by atoms with Crippen LogP contribution in [0.25, 0.3) is 22.4 Å². The summed E-state index contributed by atoms with van der Waals surface area (Å²) in [6.07, 6.45) is 3.33. The molecular formula is C22H24N4O. The number of hydrogen-bond acceptors (Lipinski definition) is 3. The zero-order valence-electron chi connectivity index (χ0n) is 15.3. The average Bonchev–Trinajstić information content (AvgIpc) is 3.22. The molecule has 5 nitrogen and oxygen atoms in total. The molecule has 3 aromatic rings. The number of amides is 1. The normalized spacial score (nSPS) is 20.7. The molecule has 1 saturated carbocycles. The van der Waals surface area contributed by atoms with E-state index >= 15 is 0 Å². The summed E-state index contributed by atoms with van der Waals surface area (Å²) < 4.78 is 0. The molecule has 1 unspecified atom stereocenters. The zero-order chi connectivity index (χ0) is 18.3. The summed E-state index contributed by atoms with van der Waals surface area (Å²) >= 11 is 0. The lowest BCUT2D eigenvalue weighted by molar-refractivity contribution is -0.123. The second-order valence-electron chi connectivity index (χ2n) is 7.89. The number of piperidine rings is 1. The largest absolute Gasteiger partial charge is 0.352 e. The quantitative estimate of drug-likeness (QED) is 0.669. The van der Waals surface area contributed by atoms with Gasteiger partial charge >= 0.3 is 0 Å². The third-order valence-corrected chi connectivity index (χ3v) is 6.19. The monoisotopic (exact) mass is 360 g/mol. The van der Waals surface area contributed by atoms with Crippen LogP contribution in [0.15, 0.2) is 48.5 Å². The summed E-state index contributed by atoms with van der Waals surface area (Å²) in [7, 11) is 0. The van der Waals surface area contributed by atoms with Crippen molar-refractivity contribution in [1.82, 2.24) is 20.6 Å². The van der Waals surface area contributed by atoms with Crippen molar-refractivity contribution in [2.75, 3.05) is 13.1 Å². The predicted molar refractivity (Wildman–Crippen MR) is 106 cm³/mol. The van der Waals surface area contributed by atoms with Crippen molar-refractivity contribution in [3.8, 4) is 11.4 Å². The van der Waals surface area contributed by atoms with E-state index in [-0.39, 0.29) is 11.8 Å². The van der Waals surface area contributed by atoms with Crippen molar-refractivity contribution in [2.24, 2.45) is 11.3 Å². The Hall–Kier alpha value is -2.66. The van der Waals surface area contributed by atoms with Crippen LogP contribution in [0.5, 0.6) is 0 Å². The van der Waals surface area contributed by atoms with E-state index in [1.165, 1.54) is 0 Å². The van der Waals surface area contributed by atoms with Crippen molar-refractivity contribution in [3.63, 3.8) is 0 Å². The van der Waals surface area contributed by atoms with Gasteiger partial charge in [0.1, 0.15) is 5.82 Å². The fourth-order valence-corrected chi connectivity index (χ4v) is 4.38. The molecule has 1 amide bonds. The number of rotatable bonds is 4. The summed E-state index contributed by atoms with van der Waals surface area (Å²) in [4.78, 5) is 20.5. The fraction of sp³-hybridized carbons (Fsp3) is 0.364. The number of fused-ring (bicyclic) bond motifs is 1. The number of imidazole rings is 1. The number of aromatic amines is 1. The number of hydrogen-bond donors (Lipinski definition) is 3. The van der Waals surface area contributed by atoms with Crippen molar-refractivity contribution in [1.29, 1.82) is 0 Å². The topological polar surface area (TPSA) is 69.8 Å². The van der Waals surface area contributed by atoms with Gasteiger partial charge in [0.25, 0.3) is 0 Å². The van der Waals surface area contributed by atoms with Crippen LogP contribution in [0.4, 0.5) is 0 Å². The molecule has 1 aromatic heterocycles. The number of carbonyl (C=O) groups excluding carboxylic acids is 1. The van der Waals surface area contributed by atoms with Crippen LogP contribution in [0.3, 0.4) is 0 Å². The maximum atomic E-state index is 12.5. The van der Waals surface area contributed by atoms with E-state index in [4.69, 9.17) is 0 Å². The molecule has 5 rings (SSSR count). The molecular weight excluding hydrogens is 336 g/mol. The van der Waals surface area contributed by atoms with Crippen LogP contribution in [-0.2, 0) is 11.3 Å². The highest BCUT2D eigenvalue weighted by molar-refractivity contribution is 5.82. The molecule has 1 saturated heterocycles. The van der Waals surface area contributed by atoms with E-state index in [0.29, 0.717) is 12.0 Å². The number of para-hydroxylation sites is 2. The van der Waals surface area contributed by atoms with E-state index < -0.39 is 0 Å². The summed E-state index contributed by atoms with van der Waals surface area (Å²) in [5, 5.41) is 6.52. The van der Waals surface area contributed by atoms with Crippen LogP contribution in [0.2, 0.25) is 0 Å². The SMILES string of the molecule is O=C(NCc1ccc(-c2nc3ccccc3[nH]2)cc1)C1CC12CCNCC2. The summed E-state index contributed by atoms with van der Waals surface area (Å²) in [5.74, 6) is 1.31. The highest BCUT2D eigenvalue weighted by atomic mass is 16.2. The van der Waals surface area contributed by atoms with Gasteiger partial charge in [-0.3, -0.25) is 4.79 Å². The molecule has 0 bridgehead atoms. The van der Waals surface area contributed by atoms with Gasteiger partial charge in [-0.25, -0.2) is 4.98 Å². The van der Waals surface area contributed by atoms with E-state index in [0.717, 1.165) is 60.3 Å². The number of H-pyrrole nitrogens is 1. The number of nitrogens with one attached hydrogen (secondary N) is 3. The van der Waals surface area contributed by atoms with Crippen LogP contribution in [0.1, 0.15) is 24.8 Å². The first-order valence-electron chi connectivity index (χ1n) is 9.76. The van der Waals surface area contributed by atoms with Gasteiger partial charge in [0.2, 0.25) is 5.91 Å². The second-order valence-corrected chi connectivity index (χ2v) is 7.89. The van der Waals surface area contributed by atoms with Crippen LogP contribution in [0, 0.1) is 11.3 Å². The molecule has 2 heterocycles. The Balaban J connectivity index is 1.21. The molecule has 3 N–H and O–H groups in total. The van der Waals surface area contributed by atoms with Crippen LogP contribution in [-0.4, -0.2) is 29.0 Å². The molecule has 1 spiro atoms. The van der Waals surface area contributed by atoms with Gasteiger partial charge in [0.05, 0.1) is 11.0 Å². The summed E-state index contributed by atoms with van der Waals surface area (Å²) in [6.45, 7) is 2.68. The molecule has 1 aliphatic heterocycles. The number of aromatic nitrogens is 2. The van der Waals surface area contributed by atoms with Gasteiger partial charge in [-0.05, 0) is 55.5 Å². The summed E-state index contributed by atoms with van der Waals surface area (Å²) in [6, 6.07) is 16.3. The summed E-state index contributed by atoms with van der Waals surface area (Å²) in [5.41, 5.74) is 4.47. The molecule has 1 atom stereocenters.